The summed E-state index contributed by atoms with van der Waals surface area (Å²) in [5.41, 5.74) is 6.16. The fraction of sp³-hybridized carbons (Fsp3) is 0.538. The molecule has 2 atom stereocenters. The molecule has 5 heteroatoms. The highest BCUT2D eigenvalue weighted by atomic mass is 79.9. The molecule has 0 saturated heterocycles. The maximum Gasteiger partial charge on any atom is 0.252 e. The number of hydrogen-bond acceptors (Lipinski definition) is 3. The average Bonchev–Trinajstić information content (AvgIpc) is 2.32. The number of aromatic nitrogens is 1. The molecule has 4 nitrogen and oxygen atoms in total. The SMILES string of the molecule is CC1CCCC(NC(=O)c2cc(N)ncc2Br)C1. The van der Waals surface area contributed by atoms with Crippen molar-refractivity contribution in [2.24, 2.45) is 5.92 Å². The van der Waals surface area contributed by atoms with Crippen LogP contribution in [-0.2, 0) is 0 Å². The lowest BCUT2D eigenvalue weighted by Gasteiger charge is -2.27. The highest BCUT2D eigenvalue weighted by molar-refractivity contribution is 9.10. The highest BCUT2D eigenvalue weighted by Crippen LogP contribution is 2.24. The van der Waals surface area contributed by atoms with Crippen LogP contribution in [0, 0.1) is 5.92 Å². The number of hydrogen-bond donors (Lipinski definition) is 2. The number of nitrogens with zero attached hydrogens (tertiary/aromatic N) is 1. The van der Waals surface area contributed by atoms with Gasteiger partial charge in [-0.2, -0.15) is 0 Å². The molecule has 1 aliphatic rings. The van der Waals surface area contributed by atoms with Gasteiger partial charge in [0.05, 0.1) is 5.56 Å². The van der Waals surface area contributed by atoms with Gasteiger partial charge in [0, 0.05) is 16.7 Å². The van der Waals surface area contributed by atoms with Gasteiger partial charge in [-0.15, -0.1) is 0 Å². The van der Waals surface area contributed by atoms with E-state index in [1.54, 1.807) is 12.3 Å². The van der Waals surface area contributed by atoms with Gasteiger partial charge in [-0.3, -0.25) is 4.79 Å². The minimum absolute atomic E-state index is 0.0740. The summed E-state index contributed by atoms with van der Waals surface area (Å²) in [6.07, 6.45) is 6.13. The molecule has 0 aliphatic heterocycles. The van der Waals surface area contributed by atoms with Crippen LogP contribution in [0.1, 0.15) is 43.0 Å². The number of nitrogens with two attached hydrogens (primary N) is 1. The van der Waals surface area contributed by atoms with E-state index in [1.165, 1.54) is 12.8 Å². The number of carbonyl (C=O) groups excluding carboxylic acids is 1. The number of rotatable bonds is 2. The second kappa shape index (κ2) is 5.69. The molecule has 1 aromatic heterocycles. The molecule has 1 heterocycles. The van der Waals surface area contributed by atoms with Crippen LogP contribution in [0.15, 0.2) is 16.7 Å². The summed E-state index contributed by atoms with van der Waals surface area (Å²) in [6.45, 7) is 2.23. The Morgan fingerprint density at radius 1 is 1.56 bits per heavy atom. The highest BCUT2D eigenvalue weighted by Gasteiger charge is 2.21. The first-order valence-corrected chi connectivity index (χ1v) is 7.07. The van der Waals surface area contributed by atoms with Crippen molar-refractivity contribution in [2.45, 2.75) is 38.6 Å². The van der Waals surface area contributed by atoms with Gasteiger partial charge >= 0.3 is 0 Å². The van der Waals surface area contributed by atoms with Crippen LogP contribution < -0.4 is 11.1 Å². The number of nitrogens with one attached hydrogen (secondary N) is 1. The second-order valence-electron chi connectivity index (χ2n) is 5.03. The minimum atomic E-state index is -0.0740. The van der Waals surface area contributed by atoms with E-state index in [4.69, 9.17) is 5.73 Å². The Balaban J connectivity index is 2.05. The van der Waals surface area contributed by atoms with E-state index < -0.39 is 0 Å². The average molecular weight is 312 g/mol. The van der Waals surface area contributed by atoms with Gasteiger partial charge in [-0.05, 0) is 40.8 Å². The van der Waals surface area contributed by atoms with Crippen LogP contribution in [0.4, 0.5) is 5.82 Å². The predicted molar refractivity (Wildman–Crippen MR) is 75.2 cm³/mol. The predicted octanol–water partition coefficient (Wildman–Crippen LogP) is 2.73. The third-order valence-corrected chi connectivity index (χ3v) is 4.02. The Morgan fingerprint density at radius 3 is 3.06 bits per heavy atom. The second-order valence-corrected chi connectivity index (χ2v) is 5.89. The summed E-state index contributed by atoms with van der Waals surface area (Å²) in [4.78, 5) is 16.1. The zero-order valence-corrected chi connectivity index (χ0v) is 12.0. The quantitative estimate of drug-likeness (QED) is 0.882. The molecule has 3 N–H and O–H groups in total. The number of nitrogen functional groups attached to an aromatic ring is 1. The Hall–Kier alpha value is -1.10. The van der Waals surface area contributed by atoms with E-state index in [0.717, 1.165) is 12.8 Å². The molecule has 2 unspecified atom stereocenters. The molecular formula is C13H18BrN3O. The van der Waals surface area contributed by atoms with E-state index in [1.807, 2.05) is 0 Å². The van der Waals surface area contributed by atoms with E-state index in [-0.39, 0.29) is 11.9 Å². The maximum absolute atomic E-state index is 12.2. The summed E-state index contributed by atoms with van der Waals surface area (Å²) >= 11 is 3.33. The molecule has 18 heavy (non-hydrogen) atoms. The molecule has 0 aromatic carbocycles. The normalized spacial score (nSPS) is 23.7. The molecule has 1 aliphatic carbocycles. The number of amides is 1. The standard InChI is InChI=1S/C13H18BrN3O/c1-8-3-2-4-9(5-8)17-13(18)10-6-12(15)16-7-11(10)14/h6-9H,2-5H2,1H3,(H2,15,16)(H,17,18). The molecule has 1 saturated carbocycles. The monoisotopic (exact) mass is 311 g/mol. The molecule has 98 valence electrons. The van der Waals surface area contributed by atoms with Gasteiger partial charge in [-0.25, -0.2) is 4.98 Å². The van der Waals surface area contributed by atoms with Crippen LogP contribution >= 0.6 is 15.9 Å². The van der Waals surface area contributed by atoms with Crippen molar-refractivity contribution in [3.8, 4) is 0 Å². The first-order chi connectivity index (χ1) is 8.56. The lowest BCUT2D eigenvalue weighted by atomic mass is 9.87. The lowest BCUT2D eigenvalue weighted by molar-refractivity contribution is 0.0920. The molecule has 1 fully saturated rings. The van der Waals surface area contributed by atoms with Gasteiger partial charge in [0.15, 0.2) is 0 Å². The van der Waals surface area contributed by atoms with Crippen LogP contribution in [0.25, 0.3) is 0 Å². The van der Waals surface area contributed by atoms with Crippen molar-refractivity contribution in [1.82, 2.24) is 10.3 Å². The fourth-order valence-corrected chi connectivity index (χ4v) is 2.85. The zero-order chi connectivity index (χ0) is 13.1. The molecule has 1 amide bonds. The van der Waals surface area contributed by atoms with Gasteiger partial charge in [0.25, 0.3) is 5.91 Å². The van der Waals surface area contributed by atoms with Crippen LogP contribution in [-0.4, -0.2) is 16.9 Å². The summed E-state index contributed by atoms with van der Waals surface area (Å²) in [5, 5.41) is 3.08. The van der Waals surface area contributed by atoms with Crippen molar-refractivity contribution in [3.05, 3.63) is 22.3 Å². The van der Waals surface area contributed by atoms with Gasteiger partial charge < -0.3 is 11.1 Å². The van der Waals surface area contributed by atoms with Crippen molar-refractivity contribution in [2.75, 3.05) is 5.73 Å². The smallest absolute Gasteiger partial charge is 0.252 e. The summed E-state index contributed by atoms with van der Waals surface area (Å²) in [5.74, 6) is 0.977. The van der Waals surface area contributed by atoms with Gasteiger partial charge in [0.2, 0.25) is 0 Å². The summed E-state index contributed by atoms with van der Waals surface area (Å²) in [7, 11) is 0. The zero-order valence-electron chi connectivity index (χ0n) is 10.4. The third-order valence-electron chi connectivity index (χ3n) is 3.39. The summed E-state index contributed by atoms with van der Waals surface area (Å²) in [6, 6.07) is 1.88. The first-order valence-electron chi connectivity index (χ1n) is 6.28. The lowest BCUT2D eigenvalue weighted by Crippen LogP contribution is -2.38. The Morgan fingerprint density at radius 2 is 2.33 bits per heavy atom. The van der Waals surface area contributed by atoms with E-state index in [2.05, 4.69) is 33.2 Å². The van der Waals surface area contributed by atoms with Crippen molar-refractivity contribution >= 4 is 27.7 Å². The number of anilines is 1. The molecular weight excluding hydrogens is 294 g/mol. The Kier molecular flexibility index (Phi) is 4.22. The maximum atomic E-state index is 12.2. The molecule has 0 spiro atoms. The first kappa shape index (κ1) is 13.3. The fourth-order valence-electron chi connectivity index (χ4n) is 2.46. The van der Waals surface area contributed by atoms with Crippen LogP contribution in [0.5, 0.6) is 0 Å². The molecule has 0 radical (unpaired) electrons. The Bertz CT molecular complexity index is 450. The Labute approximate surface area is 115 Å². The van der Waals surface area contributed by atoms with Gasteiger partial charge in [-0.1, -0.05) is 19.8 Å². The van der Waals surface area contributed by atoms with Crippen LogP contribution in [0.3, 0.4) is 0 Å². The minimum Gasteiger partial charge on any atom is -0.384 e. The number of halogens is 1. The van der Waals surface area contributed by atoms with Crippen molar-refractivity contribution < 1.29 is 4.79 Å². The van der Waals surface area contributed by atoms with E-state index >= 15 is 0 Å². The largest absolute Gasteiger partial charge is 0.384 e. The number of pyridine rings is 1. The van der Waals surface area contributed by atoms with Crippen molar-refractivity contribution in [1.29, 1.82) is 0 Å². The third kappa shape index (κ3) is 3.22. The number of carbonyl (C=O) groups is 1. The molecule has 2 rings (SSSR count). The van der Waals surface area contributed by atoms with Crippen LogP contribution in [0.2, 0.25) is 0 Å². The van der Waals surface area contributed by atoms with Gasteiger partial charge in [0.1, 0.15) is 5.82 Å². The molecule has 0 bridgehead atoms. The van der Waals surface area contributed by atoms with Crippen molar-refractivity contribution in [3.63, 3.8) is 0 Å². The van der Waals surface area contributed by atoms with E-state index in [9.17, 15) is 4.79 Å². The molecule has 1 aromatic rings. The van der Waals surface area contributed by atoms with E-state index in [0.29, 0.717) is 21.8 Å². The summed E-state index contributed by atoms with van der Waals surface area (Å²) < 4.78 is 0.679. The topological polar surface area (TPSA) is 68.0 Å².